The SMILES string of the molecule is COc1cc(/C=N/NC(=O)Cc2cc(=O)[nH][nH]2)ccc1OCc1ccccc1. The van der Waals surface area contributed by atoms with Gasteiger partial charge in [0.2, 0.25) is 5.91 Å². The maximum atomic E-state index is 11.8. The van der Waals surface area contributed by atoms with E-state index in [1.807, 2.05) is 36.4 Å². The van der Waals surface area contributed by atoms with E-state index < -0.39 is 0 Å². The molecule has 0 saturated heterocycles. The summed E-state index contributed by atoms with van der Waals surface area (Å²) in [5.41, 5.74) is 4.40. The number of methoxy groups -OCH3 is 1. The van der Waals surface area contributed by atoms with Crippen LogP contribution in [0, 0.1) is 0 Å². The van der Waals surface area contributed by atoms with E-state index in [0.717, 1.165) is 11.1 Å². The molecule has 144 valence electrons. The number of ether oxygens (including phenoxy) is 2. The number of hydrazone groups is 1. The lowest BCUT2D eigenvalue weighted by atomic mass is 10.2. The maximum Gasteiger partial charge on any atom is 0.264 e. The van der Waals surface area contributed by atoms with Crippen LogP contribution in [0.1, 0.15) is 16.8 Å². The molecule has 0 saturated carbocycles. The van der Waals surface area contributed by atoms with Crippen molar-refractivity contribution in [2.24, 2.45) is 5.10 Å². The van der Waals surface area contributed by atoms with Gasteiger partial charge in [0.15, 0.2) is 11.5 Å². The minimum Gasteiger partial charge on any atom is -0.493 e. The van der Waals surface area contributed by atoms with Crippen molar-refractivity contribution < 1.29 is 14.3 Å². The van der Waals surface area contributed by atoms with Gasteiger partial charge in [-0.1, -0.05) is 30.3 Å². The van der Waals surface area contributed by atoms with Gasteiger partial charge in [-0.3, -0.25) is 14.7 Å². The predicted octanol–water partition coefficient (Wildman–Crippen LogP) is 1.98. The Kier molecular flexibility index (Phi) is 6.25. The highest BCUT2D eigenvalue weighted by molar-refractivity contribution is 5.83. The Hall–Kier alpha value is -3.81. The second-order valence-electron chi connectivity index (χ2n) is 5.94. The number of hydrogen-bond donors (Lipinski definition) is 3. The molecule has 0 spiro atoms. The van der Waals surface area contributed by atoms with Crippen LogP contribution < -0.4 is 20.5 Å². The minimum atomic E-state index is -0.346. The van der Waals surface area contributed by atoms with E-state index in [-0.39, 0.29) is 17.9 Å². The van der Waals surface area contributed by atoms with Crippen molar-refractivity contribution in [2.45, 2.75) is 13.0 Å². The summed E-state index contributed by atoms with van der Waals surface area (Å²) in [6, 6.07) is 16.5. The smallest absolute Gasteiger partial charge is 0.264 e. The Morgan fingerprint density at radius 1 is 1.11 bits per heavy atom. The Labute approximate surface area is 161 Å². The standard InChI is InChI=1S/C20H20N4O4/c1-27-18-9-15(7-8-17(18)28-13-14-5-3-2-4-6-14)12-21-23-19(25)10-16-11-20(26)24-22-16/h2-9,11-12H,10,13H2,1H3,(H,23,25)(H2,22,24,26)/b21-12+. The van der Waals surface area contributed by atoms with Crippen LogP contribution in [0.25, 0.3) is 0 Å². The monoisotopic (exact) mass is 380 g/mol. The van der Waals surface area contributed by atoms with E-state index in [2.05, 4.69) is 20.7 Å². The highest BCUT2D eigenvalue weighted by Gasteiger charge is 2.06. The Morgan fingerprint density at radius 3 is 2.64 bits per heavy atom. The number of rotatable bonds is 8. The first kappa shape index (κ1) is 19.0. The molecule has 3 rings (SSSR count). The van der Waals surface area contributed by atoms with Crippen molar-refractivity contribution >= 4 is 12.1 Å². The molecule has 0 aliphatic rings. The van der Waals surface area contributed by atoms with Gasteiger partial charge in [0.05, 0.1) is 19.7 Å². The number of carbonyl (C=O) groups is 1. The molecule has 1 heterocycles. The molecular weight excluding hydrogens is 360 g/mol. The molecule has 2 aromatic carbocycles. The van der Waals surface area contributed by atoms with Crippen molar-refractivity contribution in [3.05, 3.63) is 81.8 Å². The van der Waals surface area contributed by atoms with E-state index in [0.29, 0.717) is 23.8 Å². The molecule has 0 aliphatic heterocycles. The average molecular weight is 380 g/mol. The highest BCUT2D eigenvalue weighted by atomic mass is 16.5. The molecular formula is C20H20N4O4. The Bertz CT molecular complexity index is 1010. The van der Waals surface area contributed by atoms with Gasteiger partial charge < -0.3 is 14.6 Å². The van der Waals surface area contributed by atoms with Crippen molar-refractivity contribution in [1.82, 2.24) is 15.6 Å². The molecule has 8 nitrogen and oxygen atoms in total. The van der Waals surface area contributed by atoms with Gasteiger partial charge in [-0.05, 0) is 29.3 Å². The largest absolute Gasteiger partial charge is 0.493 e. The summed E-state index contributed by atoms with van der Waals surface area (Å²) in [7, 11) is 1.56. The zero-order valence-corrected chi connectivity index (χ0v) is 15.3. The van der Waals surface area contributed by atoms with E-state index >= 15 is 0 Å². The molecule has 1 aromatic heterocycles. The maximum absolute atomic E-state index is 11.8. The number of H-pyrrole nitrogens is 2. The van der Waals surface area contributed by atoms with Crippen molar-refractivity contribution in [2.75, 3.05) is 7.11 Å². The predicted molar refractivity (Wildman–Crippen MR) is 105 cm³/mol. The van der Waals surface area contributed by atoms with Crippen LogP contribution in [-0.2, 0) is 17.8 Å². The molecule has 0 fully saturated rings. The first-order valence-electron chi connectivity index (χ1n) is 8.57. The lowest BCUT2D eigenvalue weighted by Gasteiger charge is -2.11. The molecule has 0 atom stereocenters. The van der Waals surface area contributed by atoms with Crippen LogP contribution in [0.4, 0.5) is 0 Å². The lowest BCUT2D eigenvalue weighted by Crippen LogP contribution is -2.20. The van der Waals surface area contributed by atoms with Crippen LogP contribution in [0.3, 0.4) is 0 Å². The summed E-state index contributed by atoms with van der Waals surface area (Å²) in [4.78, 5) is 22.8. The average Bonchev–Trinajstić information content (AvgIpc) is 3.12. The van der Waals surface area contributed by atoms with Crippen LogP contribution >= 0.6 is 0 Å². The third kappa shape index (κ3) is 5.34. The first-order valence-corrected chi connectivity index (χ1v) is 8.57. The number of aromatic amines is 2. The highest BCUT2D eigenvalue weighted by Crippen LogP contribution is 2.28. The fourth-order valence-corrected chi connectivity index (χ4v) is 2.48. The second-order valence-corrected chi connectivity index (χ2v) is 5.94. The number of benzene rings is 2. The zero-order valence-electron chi connectivity index (χ0n) is 15.3. The molecule has 28 heavy (non-hydrogen) atoms. The molecule has 0 unspecified atom stereocenters. The number of aromatic nitrogens is 2. The van der Waals surface area contributed by atoms with E-state index in [1.54, 1.807) is 19.2 Å². The number of hydrogen-bond acceptors (Lipinski definition) is 5. The third-order valence-corrected chi connectivity index (χ3v) is 3.83. The minimum absolute atomic E-state index is 0.0195. The van der Waals surface area contributed by atoms with Gasteiger partial charge in [0, 0.05) is 11.8 Å². The Morgan fingerprint density at radius 2 is 1.93 bits per heavy atom. The molecule has 3 N–H and O–H groups in total. The molecule has 0 aliphatic carbocycles. The number of amides is 1. The molecule has 3 aromatic rings. The van der Waals surface area contributed by atoms with Crippen LogP contribution in [0.2, 0.25) is 0 Å². The summed E-state index contributed by atoms with van der Waals surface area (Å²) in [6.07, 6.45) is 1.52. The van der Waals surface area contributed by atoms with Crippen molar-refractivity contribution in [1.29, 1.82) is 0 Å². The van der Waals surface area contributed by atoms with Gasteiger partial charge >= 0.3 is 0 Å². The van der Waals surface area contributed by atoms with E-state index in [4.69, 9.17) is 9.47 Å². The van der Waals surface area contributed by atoms with Crippen molar-refractivity contribution in [3.63, 3.8) is 0 Å². The van der Waals surface area contributed by atoms with E-state index in [9.17, 15) is 9.59 Å². The molecule has 1 amide bonds. The van der Waals surface area contributed by atoms with Gasteiger partial charge in [-0.25, -0.2) is 5.43 Å². The van der Waals surface area contributed by atoms with Crippen LogP contribution in [0.5, 0.6) is 11.5 Å². The van der Waals surface area contributed by atoms with Gasteiger partial charge in [-0.15, -0.1) is 0 Å². The molecule has 8 heteroatoms. The third-order valence-electron chi connectivity index (χ3n) is 3.83. The second kappa shape index (κ2) is 9.22. The quantitative estimate of drug-likeness (QED) is 0.410. The topological polar surface area (TPSA) is 109 Å². The van der Waals surface area contributed by atoms with Gasteiger partial charge in [0.25, 0.3) is 5.56 Å². The fraction of sp³-hybridized carbons (Fsp3) is 0.150. The molecule has 0 bridgehead atoms. The zero-order chi connectivity index (χ0) is 19.8. The number of carbonyl (C=O) groups excluding carboxylic acids is 1. The summed E-state index contributed by atoms with van der Waals surface area (Å²) in [5.74, 6) is 0.835. The summed E-state index contributed by atoms with van der Waals surface area (Å²) >= 11 is 0. The Balaban J connectivity index is 1.57. The fourth-order valence-electron chi connectivity index (χ4n) is 2.48. The van der Waals surface area contributed by atoms with Crippen LogP contribution in [-0.4, -0.2) is 29.4 Å². The van der Waals surface area contributed by atoms with E-state index in [1.165, 1.54) is 12.3 Å². The number of nitrogens with one attached hydrogen (secondary N) is 3. The first-order chi connectivity index (χ1) is 13.6. The summed E-state index contributed by atoms with van der Waals surface area (Å²) in [5, 5.41) is 8.90. The van der Waals surface area contributed by atoms with Crippen molar-refractivity contribution in [3.8, 4) is 11.5 Å². The normalized spacial score (nSPS) is 10.8. The summed E-state index contributed by atoms with van der Waals surface area (Å²) in [6.45, 7) is 0.432. The van der Waals surface area contributed by atoms with Gasteiger partial charge in [-0.2, -0.15) is 5.10 Å². The molecule has 0 radical (unpaired) electrons. The van der Waals surface area contributed by atoms with Crippen LogP contribution in [0.15, 0.2) is 64.5 Å². The number of nitrogens with zero attached hydrogens (tertiary/aromatic N) is 1. The van der Waals surface area contributed by atoms with Gasteiger partial charge in [0.1, 0.15) is 6.61 Å². The lowest BCUT2D eigenvalue weighted by molar-refractivity contribution is -0.120. The summed E-state index contributed by atoms with van der Waals surface area (Å²) < 4.78 is 11.2.